The van der Waals surface area contributed by atoms with Gasteiger partial charge in [0.05, 0.1) is 11.6 Å². The number of carbonyl (C=O) groups excluding carboxylic acids is 1. The zero-order valence-corrected chi connectivity index (χ0v) is 23.7. The lowest BCUT2D eigenvalue weighted by atomic mass is 9.86. The summed E-state index contributed by atoms with van der Waals surface area (Å²) in [5.74, 6) is 1.97. The number of ether oxygens (including phenoxy) is 1. The molecule has 2 aromatic carbocycles. The molecule has 1 saturated carbocycles. The fourth-order valence-corrected chi connectivity index (χ4v) is 6.91. The Bertz CT molecular complexity index is 1460. The number of aromatic nitrogens is 1. The van der Waals surface area contributed by atoms with Gasteiger partial charge in [0.15, 0.2) is 0 Å². The third-order valence-electron chi connectivity index (χ3n) is 7.54. The van der Waals surface area contributed by atoms with E-state index in [9.17, 15) is 4.79 Å². The summed E-state index contributed by atoms with van der Waals surface area (Å²) in [7, 11) is 0. The topological polar surface area (TPSA) is 68.5 Å². The Morgan fingerprint density at radius 3 is 2.61 bits per heavy atom. The molecule has 4 aromatic rings. The van der Waals surface area contributed by atoms with Crippen LogP contribution in [0.2, 0.25) is 5.02 Å². The summed E-state index contributed by atoms with van der Waals surface area (Å²) in [6, 6.07) is 18.1. The van der Waals surface area contributed by atoms with E-state index in [0.717, 1.165) is 63.9 Å². The number of carbonyl (C=O) groups is 1. The number of rotatable bonds is 7. The molecule has 0 unspecified atom stereocenters. The molecule has 0 bridgehead atoms. The first-order valence-electron chi connectivity index (χ1n) is 13.3. The van der Waals surface area contributed by atoms with Gasteiger partial charge in [-0.05, 0) is 81.3 Å². The summed E-state index contributed by atoms with van der Waals surface area (Å²) >= 11 is 8.28. The smallest absolute Gasteiger partial charge is 0.266 e. The van der Waals surface area contributed by atoms with Crippen molar-refractivity contribution >= 4 is 44.7 Å². The average molecular weight is 548 g/mol. The lowest BCUT2D eigenvalue weighted by Crippen LogP contribution is -2.41. The second kappa shape index (κ2) is 11.3. The van der Waals surface area contributed by atoms with Gasteiger partial charge in [-0.3, -0.25) is 4.79 Å². The highest BCUT2D eigenvalue weighted by atomic mass is 35.5. The predicted octanol–water partition coefficient (Wildman–Crippen LogP) is 8.13. The Labute approximate surface area is 233 Å². The van der Waals surface area contributed by atoms with Crippen LogP contribution in [0.15, 0.2) is 54.6 Å². The van der Waals surface area contributed by atoms with Crippen LogP contribution >= 0.6 is 22.9 Å². The van der Waals surface area contributed by atoms with E-state index >= 15 is 0 Å². The number of aryl methyl sites for hydroxylation is 1. The highest BCUT2D eigenvalue weighted by Gasteiger charge is 2.31. The largest absolute Gasteiger partial charge is 0.494 e. The second-order valence-electron chi connectivity index (χ2n) is 10.2. The molecule has 2 aromatic heterocycles. The number of nitrogens with zero attached hydrogens (tertiary/aromatic N) is 2. The lowest BCUT2D eigenvalue weighted by molar-refractivity contribution is 0.0596. The van der Waals surface area contributed by atoms with Crippen LogP contribution in [0, 0.1) is 12.8 Å². The normalized spacial score (nSPS) is 17.5. The number of anilines is 1. The van der Waals surface area contributed by atoms with Crippen LogP contribution in [0.3, 0.4) is 0 Å². The minimum Gasteiger partial charge on any atom is -0.494 e. The van der Waals surface area contributed by atoms with Crippen molar-refractivity contribution in [3.05, 3.63) is 75.8 Å². The van der Waals surface area contributed by atoms with Gasteiger partial charge in [0.1, 0.15) is 16.4 Å². The van der Waals surface area contributed by atoms with Crippen LogP contribution < -0.4 is 10.5 Å². The van der Waals surface area contributed by atoms with Gasteiger partial charge in [-0.15, -0.1) is 11.3 Å². The third kappa shape index (κ3) is 5.38. The van der Waals surface area contributed by atoms with E-state index < -0.39 is 0 Å². The maximum atomic E-state index is 14.2. The Hall–Kier alpha value is -3.09. The van der Waals surface area contributed by atoms with E-state index in [4.69, 9.17) is 22.1 Å². The van der Waals surface area contributed by atoms with Crippen LogP contribution in [0.25, 0.3) is 21.2 Å². The van der Waals surface area contributed by atoms with Crippen LogP contribution in [0.4, 0.5) is 5.82 Å². The van der Waals surface area contributed by atoms with Crippen LogP contribution in [-0.2, 0) is 6.54 Å². The molecule has 0 saturated heterocycles. The molecule has 5 rings (SSSR count). The van der Waals surface area contributed by atoms with Gasteiger partial charge < -0.3 is 15.4 Å². The molecule has 0 aliphatic heterocycles. The van der Waals surface area contributed by atoms with E-state index in [1.807, 2.05) is 67.3 Å². The molecular weight excluding hydrogens is 514 g/mol. The van der Waals surface area contributed by atoms with E-state index in [2.05, 4.69) is 18.0 Å². The Kier molecular flexibility index (Phi) is 7.91. The quantitative estimate of drug-likeness (QED) is 0.253. The zero-order chi connectivity index (χ0) is 26.8. The molecule has 5 nitrogen and oxygen atoms in total. The number of fused-ring (bicyclic) bond motifs is 1. The van der Waals surface area contributed by atoms with Crippen molar-refractivity contribution in [2.24, 2.45) is 5.92 Å². The van der Waals surface area contributed by atoms with Crippen molar-refractivity contribution in [2.45, 2.75) is 59.0 Å². The molecule has 38 heavy (non-hydrogen) atoms. The highest BCUT2D eigenvalue weighted by molar-refractivity contribution is 7.21. The van der Waals surface area contributed by atoms with Gasteiger partial charge >= 0.3 is 0 Å². The number of pyridine rings is 1. The number of hydrogen-bond acceptors (Lipinski definition) is 5. The molecule has 1 amide bonds. The van der Waals surface area contributed by atoms with Crippen LogP contribution in [0.5, 0.6) is 5.75 Å². The minimum absolute atomic E-state index is 0.00561. The van der Waals surface area contributed by atoms with Crippen molar-refractivity contribution in [1.29, 1.82) is 0 Å². The van der Waals surface area contributed by atoms with Crippen molar-refractivity contribution in [1.82, 2.24) is 9.88 Å². The van der Waals surface area contributed by atoms with Crippen molar-refractivity contribution in [3.63, 3.8) is 0 Å². The summed E-state index contributed by atoms with van der Waals surface area (Å²) in [5.41, 5.74) is 9.78. The standard InChI is InChI=1S/C31H34ClN3O2S/c1-4-37-26-15-11-21(24-14-16-28(33)34-20(24)3)17-22(26)18-35(23-12-9-19(2)10-13-23)31(36)30-29(32)25-7-5-6-8-27(25)38-30/h5-8,11,14-17,19,23H,4,9-10,12-13,18H2,1-3H3,(H2,33,34). The molecule has 1 aliphatic rings. The molecular formula is C31H34ClN3O2S. The first-order valence-corrected chi connectivity index (χ1v) is 14.5. The summed E-state index contributed by atoms with van der Waals surface area (Å²) < 4.78 is 7.07. The molecule has 1 fully saturated rings. The second-order valence-corrected chi connectivity index (χ2v) is 11.6. The molecule has 198 valence electrons. The van der Waals surface area contributed by atoms with Gasteiger partial charge in [0, 0.05) is 39.5 Å². The number of thiophene rings is 1. The SMILES string of the molecule is CCOc1ccc(-c2ccc(N)nc2C)cc1CN(C(=O)c1sc2ccccc2c1Cl)C1CCC(C)CC1. The predicted molar refractivity (Wildman–Crippen MR) is 158 cm³/mol. The number of benzene rings is 2. The van der Waals surface area contributed by atoms with Crippen molar-refractivity contribution < 1.29 is 9.53 Å². The van der Waals surface area contributed by atoms with E-state index in [0.29, 0.717) is 34.8 Å². The molecule has 1 aliphatic carbocycles. The van der Waals surface area contributed by atoms with Crippen molar-refractivity contribution in [2.75, 3.05) is 12.3 Å². The maximum Gasteiger partial charge on any atom is 0.266 e. The summed E-state index contributed by atoms with van der Waals surface area (Å²) in [6.45, 7) is 7.24. The minimum atomic E-state index is -0.00561. The summed E-state index contributed by atoms with van der Waals surface area (Å²) in [4.78, 5) is 21.3. The molecule has 2 N–H and O–H groups in total. The van der Waals surface area contributed by atoms with E-state index in [1.54, 1.807) is 0 Å². The third-order valence-corrected chi connectivity index (χ3v) is 9.20. The Balaban J connectivity index is 1.56. The van der Waals surface area contributed by atoms with Gasteiger partial charge in [-0.2, -0.15) is 0 Å². The van der Waals surface area contributed by atoms with Gasteiger partial charge in [0.25, 0.3) is 5.91 Å². The number of hydrogen-bond donors (Lipinski definition) is 1. The first kappa shape index (κ1) is 26.5. The average Bonchev–Trinajstić information content (AvgIpc) is 3.25. The molecule has 0 atom stereocenters. The van der Waals surface area contributed by atoms with E-state index in [1.165, 1.54) is 11.3 Å². The fraction of sp³-hybridized carbons (Fsp3) is 0.355. The highest BCUT2D eigenvalue weighted by Crippen LogP contribution is 2.39. The summed E-state index contributed by atoms with van der Waals surface area (Å²) in [5, 5.41) is 1.48. The van der Waals surface area contributed by atoms with Gasteiger partial charge in [-0.25, -0.2) is 4.98 Å². The number of nitrogens with two attached hydrogens (primary N) is 1. The Morgan fingerprint density at radius 1 is 1.13 bits per heavy atom. The van der Waals surface area contributed by atoms with Crippen LogP contribution in [0.1, 0.15) is 60.5 Å². The van der Waals surface area contributed by atoms with Gasteiger partial charge in [-0.1, -0.05) is 42.8 Å². The number of nitrogen functional groups attached to an aromatic ring is 1. The number of amides is 1. The summed E-state index contributed by atoms with van der Waals surface area (Å²) in [6.07, 6.45) is 4.20. The Morgan fingerprint density at radius 2 is 1.89 bits per heavy atom. The van der Waals surface area contributed by atoms with Gasteiger partial charge in [0.2, 0.25) is 0 Å². The molecule has 2 heterocycles. The maximum absolute atomic E-state index is 14.2. The lowest BCUT2D eigenvalue weighted by Gasteiger charge is -2.36. The first-order chi connectivity index (χ1) is 18.4. The van der Waals surface area contributed by atoms with E-state index in [-0.39, 0.29) is 11.9 Å². The van der Waals surface area contributed by atoms with Crippen molar-refractivity contribution in [3.8, 4) is 16.9 Å². The zero-order valence-electron chi connectivity index (χ0n) is 22.2. The fourth-order valence-electron chi connectivity index (χ4n) is 5.44. The molecule has 7 heteroatoms. The monoisotopic (exact) mass is 547 g/mol. The molecule has 0 spiro atoms. The van der Waals surface area contributed by atoms with Crippen LogP contribution in [-0.4, -0.2) is 28.4 Å². The molecule has 0 radical (unpaired) electrons. The number of halogens is 1.